The summed E-state index contributed by atoms with van der Waals surface area (Å²) >= 11 is 5.04. The maximum absolute atomic E-state index is 10.3. The first-order valence-corrected chi connectivity index (χ1v) is 6.45. The van der Waals surface area contributed by atoms with Crippen LogP contribution in [0, 0.1) is 0 Å². The van der Waals surface area contributed by atoms with Gasteiger partial charge in [0, 0.05) is 12.8 Å². The number of thiocarbonyl (C=S) groups is 1. The minimum absolute atomic E-state index is 0.221. The molecule has 0 saturated carbocycles. The van der Waals surface area contributed by atoms with Crippen molar-refractivity contribution in [1.29, 1.82) is 0 Å². The maximum atomic E-state index is 10.3. The van der Waals surface area contributed by atoms with E-state index >= 15 is 0 Å². The molecular formula is C12H22O3S. The smallest absolute Gasteiger partial charge is 0.303 e. The fourth-order valence-electron chi connectivity index (χ4n) is 1.33. The van der Waals surface area contributed by atoms with Crippen LogP contribution >= 0.6 is 12.2 Å². The number of carboxylic acids is 1. The lowest BCUT2D eigenvalue weighted by atomic mass is 10.2. The minimum atomic E-state index is -0.744. The van der Waals surface area contributed by atoms with Crippen molar-refractivity contribution < 1.29 is 14.6 Å². The first kappa shape index (κ1) is 15.4. The zero-order valence-corrected chi connectivity index (χ0v) is 10.9. The summed E-state index contributed by atoms with van der Waals surface area (Å²) in [5.74, 6) is -0.744. The molecule has 0 rings (SSSR count). The lowest BCUT2D eigenvalue weighted by Crippen LogP contribution is -2.04. The molecule has 0 aromatic rings. The van der Waals surface area contributed by atoms with Crippen LogP contribution in [-0.4, -0.2) is 22.7 Å². The molecule has 3 nitrogen and oxygen atoms in total. The third-order valence-electron chi connectivity index (χ3n) is 2.28. The molecule has 0 aromatic carbocycles. The second kappa shape index (κ2) is 10.9. The average molecular weight is 246 g/mol. The zero-order chi connectivity index (χ0) is 12.2. The molecule has 94 valence electrons. The van der Waals surface area contributed by atoms with E-state index in [1.54, 1.807) is 0 Å². The summed E-state index contributed by atoms with van der Waals surface area (Å²) in [6, 6.07) is 0. The number of hydrogen-bond donors (Lipinski definition) is 1. The summed E-state index contributed by atoms with van der Waals surface area (Å²) in [7, 11) is 0. The quantitative estimate of drug-likeness (QED) is 0.473. The van der Waals surface area contributed by atoms with Crippen molar-refractivity contribution in [3.8, 4) is 0 Å². The van der Waals surface area contributed by atoms with Crippen molar-refractivity contribution >= 4 is 23.2 Å². The SMILES string of the molecule is CCCCCCOC(=S)CCCCC(=O)O. The summed E-state index contributed by atoms with van der Waals surface area (Å²) in [6.45, 7) is 2.88. The van der Waals surface area contributed by atoms with Crippen molar-refractivity contribution in [3.63, 3.8) is 0 Å². The molecule has 0 bridgehead atoms. The van der Waals surface area contributed by atoms with Gasteiger partial charge in [-0.3, -0.25) is 4.79 Å². The Hall–Kier alpha value is -0.640. The molecule has 0 saturated heterocycles. The van der Waals surface area contributed by atoms with Crippen LogP contribution in [0.2, 0.25) is 0 Å². The minimum Gasteiger partial charge on any atom is -0.487 e. The van der Waals surface area contributed by atoms with Gasteiger partial charge in [-0.25, -0.2) is 0 Å². The predicted molar refractivity (Wildman–Crippen MR) is 68.8 cm³/mol. The number of carbonyl (C=O) groups is 1. The maximum Gasteiger partial charge on any atom is 0.303 e. The van der Waals surface area contributed by atoms with Crippen molar-refractivity contribution in [3.05, 3.63) is 0 Å². The van der Waals surface area contributed by atoms with Gasteiger partial charge < -0.3 is 9.84 Å². The van der Waals surface area contributed by atoms with E-state index in [2.05, 4.69) is 6.92 Å². The Morgan fingerprint density at radius 2 is 1.81 bits per heavy atom. The molecule has 0 aliphatic carbocycles. The number of rotatable bonds is 10. The monoisotopic (exact) mass is 246 g/mol. The topological polar surface area (TPSA) is 46.5 Å². The van der Waals surface area contributed by atoms with Gasteiger partial charge in [0.25, 0.3) is 0 Å². The van der Waals surface area contributed by atoms with Gasteiger partial charge in [0.2, 0.25) is 0 Å². The summed E-state index contributed by atoms with van der Waals surface area (Å²) in [5.41, 5.74) is 0. The molecule has 0 atom stereocenters. The highest BCUT2D eigenvalue weighted by Gasteiger charge is 2.00. The first-order chi connectivity index (χ1) is 7.66. The Morgan fingerprint density at radius 1 is 1.12 bits per heavy atom. The van der Waals surface area contributed by atoms with Gasteiger partial charge >= 0.3 is 5.97 Å². The Bertz CT molecular complexity index is 204. The lowest BCUT2D eigenvalue weighted by Gasteiger charge is -2.06. The molecule has 0 heterocycles. The molecule has 4 heteroatoms. The lowest BCUT2D eigenvalue weighted by molar-refractivity contribution is -0.137. The average Bonchev–Trinajstić information content (AvgIpc) is 2.24. The van der Waals surface area contributed by atoms with Gasteiger partial charge in [-0.05, 0) is 31.5 Å². The Labute approximate surface area is 103 Å². The molecule has 0 spiro atoms. The largest absolute Gasteiger partial charge is 0.487 e. The second-order valence-corrected chi connectivity index (χ2v) is 4.34. The van der Waals surface area contributed by atoms with E-state index in [9.17, 15) is 4.79 Å². The van der Waals surface area contributed by atoms with Crippen molar-refractivity contribution in [2.45, 2.75) is 58.3 Å². The van der Waals surface area contributed by atoms with E-state index in [0.717, 1.165) is 12.8 Å². The van der Waals surface area contributed by atoms with Gasteiger partial charge in [0.1, 0.15) is 0 Å². The fraction of sp³-hybridized carbons (Fsp3) is 0.833. The Kier molecular flexibility index (Phi) is 10.4. The highest BCUT2D eigenvalue weighted by atomic mass is 32.1. The van der Waals surface area contributed by atoms with Crippen molar-refractivity contribution in [2.24, 2.45) is 0 Å². The standard InChI is InChI=1S/C12H22O3S/c1-2-3-4-7-10-15-12(16)9-6-5-8-11(13)14/h2-10H2,1H3,(H,13,14). The van der Waals surface area contributed by atoms with Crippen molar-refractivity contribution in [1.82, 2.24) is 0 Å². The van der Waals surface area contributed by atoms with E-state index in [0.29, 0.717) is 24.5 Å². The van der Waals surface area contributed by atoms with Crippen LogP contribution in [0.4, 0.5) is 0 Å². The third-order valence-corrected chi connectivity index (χ3v) is 2.60. The molecule has 0 unspecified atom stereocenters. The van der Waals surface area contributed by atoms with Gasteiger partial charge in [-0.2, -0.15) is 0 Å². The van der Waals surface area contributed by atoms with Crippen LogP contribution in [0.15, 0.2) is 0 Å². The van der Waals surface area contributed by atoms with Crippen LogP contribution in [0.1, 0.15) is 58.3 Å². The summed E-state index contributed by atoms with van der Waals surface area (Å²) in [4.78, 5) is 10.3. The van der Waals surface area contributed by atoms with E-state index in [1.807, 2.05) is 0 Å². The molecule has 16 heavy (non-hydrogen) atoms. The fourth-order valence-corrected chi connectivity index (χ4v) is 1.56. The van der Waals surface area contributed by atoms with Gasteiger partial charge in [-0.1, -0.05) is 26.2 Å². The number of carboxylic acid groups (broad SMARTS) is 1. The normalized spacial score (nSPS) is 10.1. The van der Waals surface area contributed by atoms with Crippen LogP contribution in [0.25, 0.3) is 0 Å². The van der Waals surface area contributed by atoms with Gasteiger partial charge in [-0.15, -0.1) is 0 Å². The van der Waals surface area contributed by atoms with E-state index in [-0.39, 0.29) is 6.42 Å². The molecule has 1 N–H and O–H groups in total. The predicted octanol–water partition coefficient (Wildman–Crippen LogP) is 3.56. The Balaban J connectivity index is 3.21. The van der Waals surface area contributed by atoms with Crippen LogP contribution in [0.3, 0.4) is 0 Å². The van der Waals surface area contributed by atoms with Crippen LogP contribution in [0.5, 0.6) is 0 Å². The second-order valence-electron chi connectivity index (χ2n) is 3.88. The molecule has 0 fully saturated rings. The summed E-state index contributed by atoms with van der Waals surface area (Å²) < 4.78 is 5.38. The molecule has 0 aliphatic rings. The first-order valence-electron chi connectivity index (χ1n) is 6.04. The molecule has 0 aromatic heterocycles. The van der Waals surface area contributed by atoms with Gasteiger partial charge in [0.15, 0.2) is 5.05 Å². The number of hydrogen-bond acceptors (Lipinski definition) is 3. The molecule has 0 aliphatic heterocycles. The van der Waals surface area contributed by atoms with Crippen LogP contribution < -0.4 is 0 Å². The third kappa shape index (κ3) is 11.4. The number of ether oxygens (including phenoxy) is 1. The molecular weight excluding hydrogens is 224 g/mol. The highest BCUT2D eigenvalue weighted by Crippen LogP contribution is 2.04. The zero-order valence-electron chi connectivity index (χ0n) is 10.0. The summed E-state index contributed by atoms with van der Waals surface area (Å²) in [6.07, 6.45) is 7.12. The number of aliphatic carboxylic acids is 1. The van der Waals surface area contributed by atoms with E-state index in [1.165, 1.54) is 19.3 Å². The van der Waals surface area contributed by atoms with Crippen molar-refractivity contribution in [2.75, 3.05) is 6.61 Å². The van der Waals surface area contributed by atoms with Gasteiger partial charge in [0.05, 0.1) is 6.61 Å². The van der Waals surface area contributed by atoms with Crippen LogP contribution in [-0.2, 0) is 9.53 Å². The summed E-state index contributed by atoms with van der Waals surface area (Å²) in [5, 5.41) is 9.07. The Morgan fingerprint density at radius 3 is 2.44 bits per heavy atom. The molecule has 0 radical (unpaired) electrons. The van der Waals surface area contributed by atoms with E-state index < -0.39 is 5.97 Å². The highest BCUT2D eigenvalue weighted by molar-refractivity contribution is 7.80. The van der Waals surface area contributed by atoms with E-state index in [4.69, 9.17) is 22.1 Å². The number of unbranched alkanes of at least 4 members (excludes halogenated alkanes) is 4. The molecule has 0 amide bonds.